The lowest BCUT2D eigenvalue weighted by atomic mass is 10.2. The highest BCUT2D eigenvalue weighted by Gasteiger charge is 2.20. The molecule has 4 aromatic rings. The number of carbonyl (C=O) groups is 1. The maximum atomic E-state index is 12.7. The Bertz CT molecular complexity index is 1190. The summed E-state index contributed by atoms with van der Waals surface area (Å²) in [7, 11) is 0. The zero-order valence-corrected chi connectivity index (χ0v) is 16.6. The third kappa shape index (κ3) is 3.92. The SMILES string of the molecule is C[C@@H](NC(=O)c1cc(N2CCOCC2)ncn1)c1cc(-c2nc3ncncc3[nH]2)no1.[HH].[HH]. The number of nitrogens with zero attached hydrogens (tertiary/aromatic N) is 7. The van der Waals surface area contributed by atoms with Gasteiger partial charge in [0.2, 0.25) is 0 Å². The molecule has 162 valence electrons. The number of hydrogen-bond donors (Lipinski definition) is 2. The van der Waals surface area contributed by atoms with Crippen molar-refractivity contribution in [3.05, 3.63) is 42.4 Å². The van der Waals surface area contributed by atoms with Gasteiger partial charge >= 0.3 is 0 Å². The maximum Gasteiger partial charge on any atom is 0.270 e. The van der Waals surface area contributed by atoms with E-state index in [1.54, 1.807) is 25.3 Å². The number of morpholine rings is 1. The molecule has 1 fully saturated rings. The number of carbonyl (C=O) groups excluding carboxylic acids is 1. The average molecular weight is 425 g/mol. The number of hydrogen-bond acceptors (Lipinski definition) is 10. The molecule has 0 radical (unpaired) electrons. The van der Waals surface area contributed by atoms with Gasteiger partial charge in [-0.3, -0.25) is 4.79 Å². The van der Waals surface area contributed by atoms with Crippen LogP contribution < -0.4 is 10.2 Å². The predicted molar refractivity (Wildman–Crippen MR) is 112 cm³/mol. The number of fused-ring (bicyclic) bond motifs is 1. The number of rotatable bonds is 5. The van der Waals surface area contributed by atoms with E-state index in [0.717, 1.165) is 13.1 Å². The Hall–Kier alpha value is -3.93. The number of H-pyrrole nitrogens is 1. The molecule has 1 aliphatic rings. The summed E-state index contributed by atoms with van der Waals surface area (Å²) in [5.41, 5.74) is 2.02. The summed E-state index contributed by atoms with van der Waals surface area (Å²) in [4.78, 5) is 38.7. The number of ether oxygens (including phenoxy) is 1. The molecule has 1 aliphatic heterocycles. The highest BCUT2D eigenvalue weighted by molar-refractivity contribution is 5.93. The van der Waals surface area contributed by atoms with E-state index in [9.17, 15) is 4.79 Å². The fourth-order valence-electron chi connectivity index (χ4n) is 3.27. The molecule has 0 spiro atoms. The van der Waals surface area contributed by atoms with Crippen LogP contribution >= 0.6 is 0 Å². The van der Waals surface area contributed by atoms with E-state index in [0.29, 0.717) is 47.5 Å². The Labute approximate surface area is 179 Å². The average Bonchev–Trinajstić information content (AvgIpc) is 3.47. The molecule has 0 aromatic carbocycles. The number of aromatic amines is 1. The van der Waals surface area contributed by atoms with Gasteiger partial charge in [-0.25, -0.2) is 24.9 Å². The molecular formula is C19H23N9O3. The van der Waals surface area contributed by atoms with Crippen LogP contribution in [-0.4, -0.2) is 67.3 Å². The van der Waals surface area contributed by atoms with Crippen molar-refractivity contribution in [3.63, 3.8) is 0 Å². The summed E-state index contributed by atoms with van der Waals surface area (Å²) in [6, 6.07) is 2.96. The molecule has 1 amide bonds. The van der Waals surface area contributed by atoms with Gasteiger partial charge in [0.05, 0.1) is 25.5 Å². The fourth-order valence-corrected chi connectivity index (χ4v) is 3.27. The van der Waals surface area contributed by atoms with Gasteiger partial charge in [0.25, 0.3) is 5.91 Å². The van der Waals surface area contributed by atoms with Crippen molar-refractivity contribution in [1.29, 1.82) is 0 Å². The summed E-state index contributed by atoms with van der Waals surface area (Å²) >= 11 is 0. The number of anilines is 1. The van der Waals surface area contributed by atoms with E-state index in [1.807, 2.05) is 0 Å². The lowest BCUT2D eigenvalue weighted by Crippen LogP contribution is -2.37. The third-order valence-corrected chi connectivity index (χ3v) is 4.93. The highest BCUT2D eigenvalue weighted by Crippen LogP contribution is 2.22. The minimum atomic E-state index is -0.431. The highest BCUT2D eigenvalue weighted by atomic mass is 16.5. The van der Waals surface area contributed by atoms with E-state index in [4.69, 9.17) is 9.26 Å². The van der Waals surface area contributed by atoms with Gasteiger partial charge in [0.15, 0.2) is 17.2 Å². The Morgan fingerprint density at radius 3 is 2.94 bits per heavy atom. The van der Waals surface area contributed by atoms with E-state index in [-0.39, 0.29) is 14.5 Å². The maximum absolute atomic E-state index is 12.7. The summed E-state index contributed by atoms with van der Waals surface area (Å²) in [6.45, 7) is 4.52. The van der Waals surface area contributed by atoms with Gasteiger partial charge in [-0.05, 0) is 6.92 Å². The van der Waals surface area contributed by atoms with Crippen LogP contribution in [0, 0.1) is 0 Å². The normalized spacial score (nSPS) is 15.2. The van der Waals surface area contributed by atoms with Crippen LogP contribution in [0.2, 0.25) is 0 Å². The molecule has 1 saturated heterocycles. The fraction of sp³-hybridized carbons (Fsp3) is 0.316. The molecule has 0 saturated carbocycles. The molecule has 0 aliphatic carbocycles. The van der Waals surface area contributed by atoms with Gasteiger partial charge in [-0.1, -0.05) is 5.16 Å². The predicted octanol–water partition coefficient (Wildman–Crippen LogP) is 1.62. The first-order chi connectivity index (χ1) is 15.2. The monoisotopic (exact) mass is 425 g/mol. The Morgan fingerprint density at radius 1 is 1.23 bits per heavy atom. The van der Waals surface area contributed by atoms with Crippen molar-refractivity contribution in [3.8, 4) is 11.5 Å². The summed E-state index contributed by atoms with van der Waals surface area (Å²) < 4.78 is 10.8. The number of aromatic nitrogens is 7. The second kappa shape index (κ2) is 8.07. The molecule has 5 rings (SSSR count). The van der Waals surface area contributed by atoms with Crippen LogP contribution in [0.15, 0.2) is 35.5 Å². The molecule has 5 heterocycles. The first-order valence-electron chi connectivity index (χ1n) is 9.75. The van der Waals surface area contributed by atoms with E-state index in [2.05, 4.69) is 45.3 Å². The quantitative estimate of drug-likeness (QED) is 0.483. The molecular weight excluding hydrogens is 402 g/mol. The Balaban J connectivity index is 0.00000153. The van der Waals surface area contributed by atoms with Crippen LogP contribution in [-0.2, 0) is 4.74 Å². The van der Waals surface area contributed by atoms with Crippen molar-refractivity contribution < 1.29 is 16.9 Å². The molecule has 31 heavy (non-hydrogen) atoms. The van der Waals surface area contributed by atoms with E-state index < -0.39 is 6.04 Å². The largest absolute Gasteiger partial charge is 0.378 e. The molecule has 12 nitrogen and oxygen atoms in total. The van der Waals surface area contributed by atoms with Gasteiger partial charge in [-0.2, -0.15) is 0 Å². The van der Waals surface area contributed by atoms with Crippen molar-refractivity contribution in [2.75, 3.05) is 31.2 Å². The van der Waals surface area contributed by atoms with Gasteiger partial charge < -0.3 is 24.5 Å². The van der Waals surface area contributed by atoms with Gasteiger partial charge in [0.1, 0.15) is 35.4 Å². The summed E-state index contributed by atoms with van der Waals surface area (Å²) in [5.74, 6) is 1.36. The summed E-state index contributed by atoms with van der Waals surface area (Å²) in [6.07, 6.45) is 4.45. The second-order valence-corrected chi connectivity index (χ2v) is 7.02. The zero-order valence-electron chi connectivity index (χ0n) is 16.6. The smallest absolute Gasteiger partial charge is 0.270 e. The third-order valence-electron chi connectivity index (χ3n) is 4.93. The molecule has 12 heteroatoms. The van der Waals surface area contributed by atoms with Crippen LogP contribution in [0.3, 0.4) is 0 Å². The van der Waals surface area contributed by atoms with Crippen LogP contribution in [0.5, 0.6) is 0 Å². The Morgan fingerprint density at radius 2 is 2.10 bits per heavy atom. The standard InChI is InChI=1S/C19H19N9O3.2H2/c1-11(15-6-12(27-31-15)18-25-14-8-20-9-23-17(14)26-18)24-19(29)13-7-16(22-10-21-13)28-2-4-30-5-3-28;;/h6-11H,2-5H2,1H3,(H,24,29)(H,20,23,25,26);2*1H/t11-;;/m1../s1. The first kappa shape index (κ1) is 19.1. The molecule has 4 aromatic heterocycles. The minimum Gasteiger partial charge on any atom is -0.378 e. The van der Waals surface area contributed by atoms with Crippen LogP contribution in [0.25, 0.3) is 22.7 Å². The van der Waals surface area contributed by atoms with E-state index >= 15 is 0 Å². The lowest BCUT2D eigenvalue weighted by Gasteiger charge is -2.27. The Kier molecular flexibility index (Phi) is 4.96. The van der Waals surface area contributed by atoms with E-state index in [1.165, 1.54) is 12.7 Å². The first-order valence-corrected chi connectivity index (χ1v) is 9.75. The molecule has 1 atom stereocenters. The van der Waals surface area contributed by atoms with Crippen molar-refractivity contribution in [1.82, 2.24) is 40.4 Å². The molecule has 0 bridgehead atoms. The van der Waals surface area contributed by atoms with Crippen molar-refractivity contribution in [2.24, 2.45) is 0 Å². The summed E-state index contributed by atoms with van der Waals surface area (Å²) in [5, 5.41) is 6.92. The minimum absolute atomic E-state index is 0. The zero-order chi connectivity index (χ0) is 21.2. The number of nitrogens with one attached hydrogen (secondary N) is 2. The van der Waals surface area contributed by atoms with Gasteiger partial charge in [0, 0.05) is 28.1 Å². The number of amides is 1. The van der Waals surface area contributed by atoms with Crippen LogP contribution in [0.1, 0.15) is 32.1 Å². The second-order valence-electron chi connectivity index (χ2n) is 7.02. The van der Waals surface area contributed by atoms with Gasteiger partial charge in [-0.15, -0.1) is 0 Å². The lowest BCUT2D eigenvalue weighted by molar-refractivity contribution is 0.0928. The van der Waals surface area contributed by atoms with Crippen molar-refractivity contribution in [2.45, 2.75) is 13.0 Å². The topological polar surface area (TPSA) is 148 Å². The number of imidazole rings is 1. The van der Waals surface area contributed by atoms with Crippen LogP contribution in [0.4, 0.5) is 5.82 Å². The van der Waals surface area contributed by atoms with Crippen molar-refractivity contribution >= 4 is 22.9 Å². The molecule has 0 unspecified atom stereocenters. The molecule has 2 N–H and O–H groups in total.